The van der Waals surface area contributed by atoms with Crippen molar-refractivity contribution < 1.29 is 0 Å². The number of hydrogen-bond donors (Lipinski definition) is 1. The molecule has 1 aromatic rings. The highest BCUT2D eigenvalue weighted by molar-refractivity contribution is 5.21. The molecule has 0 radical (unpaired) electrons. The SMILES string of the molecule is CCNC(c1ccccc1)C(CC)N(C)C(C)(C)CC. The second-order valence-electron chi connectivity index (χ2n) is 6.20. The van der Waals surface area contributed by atoms with Gasteiger partial charge in [0.15, 0.2) is 0 Å². The predicted molar refractivity (Wildman–Crippen MR) is 89.1 cm³/mol. The molecule has 2 heteroatoms. The molecular weight excluding hydrogens is 244 g/mol. The minimum absolute atomic E-state index is 0.225. The van der Waals surface area contributed by atoms with Gasteiger partial charge in [-0.25, -0.2) is 0 Å². The normalized spacial score (nSPS) is 15.3. The first kappa shape index (κ1) is 17.2. The van der Waals surface area contributed by atoms with Crippen molar-refractivity contribution in [1.82, 2.24) is 10.2 Å². The molecule has 0 heterocycles. The Labute approximate surface area is 125 Å². The van der Waals surface area contributed by atoms with Gasteiger partial charge in [-0.2, -0.15) is 0 Å². The van der Waals surface area contributed by atoms with Crippen molar-refractivity contribution >= 4 is 0 Å². The highest BCUT2D eigenvalue weighted by Crippen LogP contribution is 2.29. The number of nitrogens with zero attached hydrogens (tertiary/aromatic N) is 1. The number of hydrogen-bond acceptors (Lipinski definition) is 2. The maximum Gasteiger partial charge on any atom is 0.0478 e. The van der Waals surface area contributed by atoms with Gasteiger partial charge in [-0.3, -0.25) is 4.90 Å². The third kappa shape index (κ3) is 4.07. The Bertz CT molecular complexity index is 372. The Morgan fingerprint density at radius 2 is 1.70 bits per heavy atom. The Kier molecular flexibility index (Phi) is 6.70. The largest absolute Gasteiger partial charge is 0.309 e. The van der Waals surface area contributed by atoms with E-state index in [1.807, 2.05) is 0 Å². The van der Waals surface area contributed by atoms with E-state index < -0.39 is 0 Å². The topological polar surface area (TPSA) is 15.3 Å². The van der Waals surface area contributed by atoms with Crippen molar-refractivity contribution in [2.24, 2.45) is 0 Å². The van der Waals surface area contributed by atoms with Crippen molar-refractivity contribution in [3.05, 3.63) is 35.9 Å². The average Bonchev–Trinajstić information content (AvgIpc) is 2.47. The molecule has 0 aliphatic heterocycles. The lowest BCUT2D eigenvalue weighted by molar-refractivity contribution is 0.0713. The Morgan fingerprint density at radius 1 is 1.10 bits per heavy atom. The van der Waals surface area contributed by atoms with Gasteiger partial charge in [-0.15, -0.1) is 0 Å². The summed E-state index contributed by atoms with van der Waals surface area (Å²) in [6, 6.07) is 11.7. The third-order valence-corrected chi connectivity index (χ3v) is 4.70. The molecule has 0 saturated heterocycles. The van der Waals surface area contributed by atoms with Crippen LogP contribution in [0.4, 0.5) is 0 Å². The van der Waals surface area contributed by atoms with Crippen molar-refractivity contribution in [1.29, 1.82) is 0 Å². The van der Waals surface area contributed by atoms with Crippen LogP contribution in [0.15, 0.2) is 30.3 Å². The monoisotopic (exact) mass is 276 g/mol. The quantitative estimate of drug-likeness (QED) is 0.764. The van der Waals surface area contributed by atoms with Gasteiger partial charge in [0.1, 0.15) is 0 Å². The number of benzene rings is 1. The molecule has 2 unspecified atom stereocenters. The number of rotatable bonds is 8. The van der Waals surface area contributed by atoms with E-state index in [0.29, 0.717) is 12.1 Å². The summed E-state index contributed by atoms with van der Waals surface area (Å²) in [4.78, 5) is 2.55. The van der Waals surface area contributed by atoms with Crippen molar-refractivity contribution in [3.8, 4) is 0 Å². The molecule has 1 N–H and O–H groups in total. The molecule has 2 nitrogen and oxygen atoms in total. The van der Waals surface area contributed by atoms with Crippen LogP contribution in [0.3, 0.4) is 0 Å². The lowest BCUT2D eigenvalue weighted by Gasteiger charge is -2.44. The van der Waals surface area contributed by atoms with Crippen LogP contribution >= 0.6 is 0 Å². The lowest BCUT2D eigenvalue weighted by atomic mass is 9.90. The summed E-state index contributed by atoms with van der Waals surface area (Å²) in [7, 11) is 2.27. The van der Waals surface area contributed by atoms with E-state index in [2.05, 4.69) is 82.2 Å². The number of likely N-dealkylation sites (N-methyl/N-ethyl adjacent to an activating group) is 2. The van der Waals surface area contributed by atoms with E-state index in [0.717, 1.165) is 19.4 Å². The Morgan fingerprint density at radius 3 is 2.15 bits per heavy atom. The molecule has 0 aliphatic rings. The van der Waals surface area contributed by atoms with E-state index in [1.54, 1.807) is 0 Å². The van der Waals surface area contributed by atoms with Crippen LogP contribution in [-0.4, -0.2) is 30.1 Å². The Balaban J connectivity index is 3.04. The maximum absolute atomic E-state index is 3.69. The summed E-state index contributed by atoms with van der Waals surface area (Å²) in [5.41, 5.74) is 1.61. The third-order valence-electron chi connectivity index (χ3n) is 4.70. The predicted octanol–water partition coefficient (Wildman–Crippen LogP) is 4.24. The molecule has 0 bridgehead atoms. The van der Waals surface area contributed by atoms with Crippen LogP contribution in [0.25, 0.3) is 0 Å². The smallest absolute Gasteiger partial charge is 0.0478 e. The van der Waals surface area contributed by atoms with Crippen molar-refractivity contribution in [2.75, 3.05) is 13.6 Å². The van der Waals surface area contributed by atoms with Crippen LogP contribution in [0.2, 0.25) is 0 Å². The van der Waals surface area contributed by atoms with E-state index in [9.17, 15) is 0 Å². The molecular formula is C18H32N2. The van der Waals surface area contributed by atoms with Gasteiger partial charge in [-0.1, -0.05) is 51.1 Å². The van der Waals surface area contributed by atoms with E-state index >= 15 is 0 Å². The van der Waals surface area contributed by atoms with Crippen molar-refractivity contribution in [3.63, 3.8) is 0 Å². The first-order valence-electron chi connectivity index (χ1n) is 7.99. The van der Waals surface area contributed by atoms with E-state index in [-0.39, 0.29) is 5.54 Å². The number of nitrogens with one attached hydrogen (secondary N) is 1. The second kappa shape index (κ2) is 7.80. The summed E-state index contributed by atoms with van der Waals surface area (Å²) in [6.07, 6.45) is 2.31. The van der Waals surface area contributed by atoms with Crippen LogP contribution in [0, 0.1) is 0 Å². The van der Waals surface area contributed by atoms with Crippen LogP contribution in [-0.2, 0) is 0 Å². The zero-order valence-corrected chi connectivity index (χ0v) is 14.1. The average molecular weight is 276 g/mol. The van der Waals surface area contributed by atoms with E-state index in [4.69, 9.17) is 0 Å². The van der Waals surface area contributed by atoms with Crippen LogP contribution < -0.4 is 5.32 Å². The van der Waals surface area contributed by atoms with Gasteiger partial charge in [0.2, 0.25) is 0 Å². The van der Waals surface area contributed by atoms with Gasteiger partial charge in [-0.05, 0) is 45.8 Å². The first-order valence-corrected chi connectivity index (χ1v) is 7.99. The van der Waals surface area contributed by atoms with Crippen LogP contribution in [0.1, 0.15) is 59.1 Å². The fourth-order valence-corrected chi connectivity index (χ4v) is 2.79. The van der Waals surface area contributed by atoms with Crippen LogP contribution in [0.5, 0.6) is 0 Å². The highest BCUT2D eigenvalue weighted by Gasteiger charge is 2.32. The van der Waals surface area contributed by atoms with E-state index in [1.165, 1.54) is 5.56 Å². The minimum atomic E-state index is 0.225. The fourth-order valence-electron chi connectivity index (χ4n) is 2.79. The molecule has 0 amide bonds. The summed E-state index contributed by atoms with van der Waals surface area (Å²) >= 11 is 0. The molecule has 20 heavy (non-hydrogen) atoms. The molecule has 1 rings (SSSR count). The zero-order chi connectivity index (χ0) is 15.2. The van der Waals surface area contributed by atoms with Gasteiger partial charge < -0.3 is 5.32 Å². The highest BCUT2D eigenvalue weighted by atomic mass is 15.2. The fraction of sp³-hybridized carbons (Fsp3) is 0.667. The van der Waals surface area contributed by atoms with Crippen molar-refractivity contribution in [2.45, 2.75) is 65.1 Å². The molecule has 0 spiro atoms. The Hall–Kier alpha value is -0.860. The standard InChI is InChI=1S/C18H32N2/c1-7-16(20(6)18(4,5)8-2)17(19-9-3)15-13-11-10-12-14-15/h10-14,16-17,19H,7-9H2,1-6H3. The summed E-state index contributed by atoms with van der Waals surface area (Å²) in [5.74, 6) is 0. The lowest BCUT2D eigenvalue weighted by Crippen LogP contribution is -2.51. The molecule has 114 valence electrons. The summed E-state index contributed by atoms with van der Waals surface area (Å²) in [5, 5.41) is 3.69. The molecule has 2 atom stereocenters. The first-order chi connectivity index (χ1) is 9.47. The van der Waals surface area contributed by atoms with Gasteiger partial charge in [0.25, 0.3) is 0 Å². The maximum atomic E-state index is 3.69. The molecule has 0 aromatic heterocycles. The molecule has 1 aromatic carbocycles. The van der Waals surface area contributed by atoms with Gasteiger partial charge in [0, 0.05) is 17.6 Å². The molecule has 0 saturated carbocycles. The summed E-state index contributed by atoms with van der Waals surface area (Å²) in [6.45, 7) is 12.4. The van der Waals surface area contributed by atoms with Gasteiger partial charge >= 0.3 is 0 Å². The second-order valence-corrected chi connectivity index (χ2v) is 6.20. The molecule has 0 aliphatic carbocycles. The minimum Gasteiger partial charge on any atom is -0.309 e. The zero-order valence-electron chi connectivity index (χ0n) is 14.1. The molecule has 0 fully saturated rings. The summed E-state index contributed by atoms with van der Waals surface area (Å²) < 4.78 is 0. The van der Waals surface area contributed by atoms with Gasteiger partial charge in [0.05, 0.1) is 0 Å².